The highest BCUT2D eigenvalue weighted by Gasteiger charge is 1.95. The van der Waals surface area contributed by atoms with Gasteiger partial charge in [-0.2, -0.15) is 0 Å². The van der Waals surface area contributed by atoms with Crippen molar-refractivity contribution in [2.45, 2.75) is 6.42 Å². The third-order valence-electron chi connectivity index (χ3n) is 0.671. The number of carbonyl (C=O) groups is 1. The van der Waals surface area contributed by atoms with E-state index in [1.807, 2.05) is 0 Å². The summed E-state index contributed by atoms with van der Waals surface area (Å²) in [6, 6.07) is 0. The van der Waals surface area contributed by atoms with Crippen LogP contribution in [0.15, 0.2) is 12.7 Å². The molecule has 0 aromatic carbocycles. The van der Waals surface area contributed by atoms with Gasteiger partial charge >= 0.3 is 5.97 Å². The number of hydrogen-bond acceptors (Lipinski definition) is 3. The molecule has 0 fully saturated rings. The standard InChI is InChI=1S/C7H9NO2/c1-3-5-7(9)10-8-6-4-2/h2-3,8H,1,5-6H2. The molecule has 0 unspecified atom stereocenters. The van der Waals surface area contributed by atoms with Crippen LogP contribution in [0.25, 0.3) is 0 Å². The highest BCUT2D eigenvalue weighted by atomic mass is 16.7. The molecule has 0 aromatic rings. The zero-order chi connectivity index (χ0) is 7.82. The zero-order valence-corrected chi connectivity index (χ0v) is 5.59. The topological polar surface area (TPSA) is 38.3 Å². The monoisotopic (exact) mass is 139 g/mol. The van der Waals surface area contributed by atoms with Gasteiger partial charge in [0.2, 0.25) is 0 Å². The molecule has 0 atom stereocenters. The average Bonchev–Trinajstić information content (AvgIpc) is 1.89. The molecule has 0 aliphatic heterocycles. The van der Waals surface area contributed by atoms with Crippen molar-refractivity contribution in [1.29, 1.82) is 0 Å². The van der Waals surface area contributed by atoms with Crippen LogP contribution in [-0.4, -0.2) is 12.5 Å². The van der Waals surface area contributed by atoms with E-state index in [4.69, 9.17) is 6.42 Å². The van der Waals surface area contributed by atoms with Crippen molar-refractivity contribution >= 4 is 5.97 Å². The summed E-state index contributed by atoms with van der Waals surface area (Å²) in [7, 11) is 0. The molecule has 3 heteroatoms. The van der Waals surface area contributed by atoms with E-state index in [0.29, 0.717) is 0 Å². The molecule has 0 spiro atoms. The summed E-state index contributed by atoms with van der Waals surface area (Å²) in [4.78, 5) is 14.9. The van der Waals surface area contributed by atoms with Crippen LogP contribution in [0.3, 0.4) is 0 Å². The van der Waals surface area contributed by atoms with Gasteiger partial charge in [0.1, 0.15) is 0 Å². The van der Waals surface area contributed by atoms with Crippen molar-refractivity contribution in [3.8, 4) is 12.3 Å². The highest BCUT2D eigenvalue weighted by Crippen LogP contribution is 1.81. The van der Waals surface area contributed by atoms with Gasteiger partial charge in [-0.25, -0.2) is 0 Å². The van der Waals surface area contributed by atoms with Gasteiger partial charge in [-0.3, -0.25) is 4.79 Å². The van der Waals surface area contributed by atoms with Crippen LogP contribution >= 0.6 is 0 Å². The first kappa shape index (κ1) is 8.73. The van der Waals surface area contributed by atoms with Crippen LogP contribution in [-0.2, 0) is 9.63 Å². The molecule has 0 aliphatic rings. The maximum atomic E-state index is 10.5. The number of hydrogen-bond donors (Lipinski definition) is 1. The Bertz CT molecular complexity index is 157. The number of nitrogens with one attached hydrogen (secondary N) is 1. The predicted octanol–water partition coefficient (Wildman–Crippen LogP) is 0.244. The van der Waals surface area contributed by atoms with Crippen molar-refractivity contribution in [2.75, 3.05) is 6.54 Å². The average molecular weight is 139 g/mol. The second-order valence-corrected chi connectivity index (χ2v) is 1.49. The molecule has 0 bridgehead atoms. The lowest BCUT2D eigenvalue weighted by molar-refractivity contribution is -0.149. The van der Waals surface area contributed by atoms with Gasteiger partial charge in [-0.15, -0.1) is 18.5 Å². The predicted molar refractivity (Wildman–Crippen MR) is 37.7 cm³/mol. The van der Waals surface area contributed by atoms with Crippen molar-refractivity contribution in [1.82, 2.24) is 5.48 Å². The van der Waals surface area contributed by atoms with E-state index in [-0.39, 0.29) is 18.9 Å². The Balaban J connectivity index is 3.23. The van der Waals surface area contributed by atoms with E-state index in [9.17, 15) is 4.79 Å². The normalized spacial score (nSPS) is 7.90. The molecule has 54 valence electrons. The van der Waals surface area contributed by atoms with Gasteiger partial charge in [-0.05, 0) is 0 Å². The maximum Gasteiger partial charge on any atom is 0.328 e. The van der Waals surface area contributed by atoms with E-state index in [1.54, 1.807) is 0 Å². The van der Waals surface area contributed by atoms with Gasteiger partial charge in [0.05, 0.1) is 13.0 Å². The molecule has 0 aliphatic carbocycles. The molecule has 3 nitrogen and oxygen atoms in total. The molecule has 0 radical (unpaired) electrons. The smallest absolute Gasteiger partial charge is 0.328 e. The third kappa shape index (κ3) is 4.88. The van der Waals surface area contributed by atoms with Gasteiger partial charge < -0.3 is 4.84 Å². The molecular weight excluding hydrogens is 130 g/mol. The molecule has 0 heterocycles. The third-order valence-corrected chi connectivity index (χ3v) is 0.671. The van der Waals surface area contributed by atoms with E-state index >= 15 is 0 Å². The van der Waals surface area contributed by atoms with Crippen LogP contribution in [0.4, 0.5) is 0 Å². The summed E-state index contributed by atoms with van der Waals surface area (Å²) >= 11 is 0. The SMILES string of the molecule is C#CCNOC(=O)CC=C. The van der Waals surface area contributed by atoms with E-state index < -0.39 is 0 Å². The molecule has 0 amide bonds. The lowest BCUT2D eigenvalue weighted by atomic mass is 10.4. The van der Waals surface area contributed by atoms with Crippen molar-refractivity contribution in [2.24, 2.45) is 0 Å². The Labute approximate surface area is 60.0 Å². The van der Waals surface area contributed by atoms with Crippen LogP contribution in [0.5, 0.6) is 0 Å². The number of hydroxylamine groups is 1. The fourth-order valence-corrected chi connectivity index (χ4v) is 0.318. The largest absolute Gasteiger partial charge is 0.369 e. The zero-order valence-electron chi connectivity index (χ0n) is 5.59. The second kappa shape index (κ2) is 5.86. The number of rotatable bonds is 4. The first-order valence-electron chi connectivity index (χ1n) is 2.78. The second-order valence-electron chi connectivity index (χ2n) is 1.49. The molecule has 10 heavy (non-hydrogen) atoms. The van der Waals surface area contributed by atoms with E-state index in [2.05, 4.69) is 22.8 Å². The quantitative estimate of drug-likeness (QED) is 0.262. The van der Waals surface area contributed by atoms with E-state index in [1.165, 1.54) is 6.08 Å². The molecule has 1 N–H and O–H groups in total. The van der Waals surface area contributed by atoms with E-state index in [0.717, 1.165) is 0 Å². The van der Waals surface area contributed by atoms with Gasteiger partial charge in [0, 0.05) is 0 Å². The molecule has 0 saturated heterocycles. The summed E-state index contributed by atoms with van der Waals surface area (Å²) in [6.07, 6.45) is 6.51. The number of terminal acetylenes is 1. The number of carbonyl (C=O) groups excluding carboxylic acids is 1. The van der Waals surface area contributed by atoms with Crippen LogP contribution in [0.2, 0.25) is 0 Å². The minimum atomic E-state index is -0.384. The van der Waals surface area contributed by atoms with Gasteiger partial charge in [0.25, 0.3) is 0 Å². The van der Waals surface area contributed by atoms with Gasteiger partial charge in [0.15, 0.2) is 0 Å². The Kier molecular flexibility index (Phi) is 5.12. The summed E-state index contributed by atoms with van der Waals surface area (Å²) in [6.45, 7) is 3.59. The Morgan fingerprint density at radius 3 is 3.10 bits per heavy atom. The Morgan fingerprint density at radius 2 is 2.60 bits per heavy atom. The maximum absolute atomic E-state index is 10.5. The highest BCUT2D eigenvalue weighted by molar-refractivity contribution is 5.70. The summed E-state index contributed by atoms with van der Waals surface area (Å²) < 4.78 is 0. The van der Waals surface area contributed by atoms with Crippen molar-refractivity contribution < 1.29 is 9.63 Å². The Morgan fingerprint density at radius 1 is 1.90 bits per heavy atom. The fraction of sp³-hybridized carbons (Fsp3) is 0.286. The molecule has 0 rings (SSSR count). The van der Waals surface area contributed by atoms with Crippen molar-refractivity contribution in [3.63, 3.8) is 0 Å². The molecular formula is C7H9NO2. The molecule has 0 saturated carbocycles. The summed E-state index contributed by atoms with van der Waals surface area (Å²) in [5, 5.41) is 0. The lowest BCUT2D eigenvalue weighted by Gasteiger charge is -1.98. The Hall–Kier alpha value is -1.27. The first-order valence-corrected chi connectivity index (χ1v) is 2.78. The van der Waals surface area contributed by atoms with Gasteiger partial charge in [-0.1, -0.05) is 12.0 Å². The van der Waals surface area contributed by atoms with Crippen LogP contribution < -0.4 is 5.48 Å². The van der Waals surface area contributed by atoms with Crippen molar-refractivity contribution in [3.05, 3.63) is 12.7 Å². The first-order chi connectivity index (χ1) is 4.81. The minimum Gasteiger partial charge on any atom is -0.369 e. The summed E-state index contributed by atoms with van der Waals surface area (Å²) in [5.74, 6) is 1.87. The van der Waals surface area contributed by atoms with Crippen LogP contribution in [0, 0.1) is 12.3 Å². The minimum absolute atomic E-state index is 0.192. The lowest BCUT2D eigenvalue weighted by Crippen LogP contribution is -2.19. The fourth-order valence-electron chi connectivity index (χ4n) is 0.318. The van der Waals surface area contributed by atoms with Crippen LogP contribution in [0.1, 0.15) is 6.42 Å². The summed E-state index contributed by atoms with van der Waals surface area (Å²) in [5.41, 5.74) is 2.29. The molecule has 0 aromatic heterocycles.